The molecular weight excluding hydrogens is 254 g/mol. The molecule has 2 aromatic heterocycles. The molecule has 0 saturated heterocycles. The van der Waals surface area contributed by atoms with Crippen LogP contribution in [0.1, 0.15) is 13.3 Å². The second kappa shape index (κ2) is 4.61. The van der Waals surface area contributed by atoms with E-state index in [2.05, 4.69) is 15.0 Å². The van der Waals surface area contributed by atoms with E-state index < -0.39 is 17.5 Å². The van der Waals surface area contributed by atoms with Gasteiger partial charge in [-0.25, -0.2) is 4.98 Å². The van der Waals surface area contributed by atoms with Crippen LogP contribution in [-0.4, -0.2) is 46.7 Å². The summed E-state index contributed by atoms with van der Waals surface area (Å²) in [6.45, 7) is 1.39. The minimum absolute atomic E-state index is 0.0472. The van der Waals surface area contributed by atoms with Gasteiger partial charge in [-0.2, -0.15) is 4.98 Å². The summed E-state index contributed by atoms with van der Waals surface area (Å²) in [5.74, 6) is -2.27. The van der Waals surface area contributed by atoms with Gasteiger partial charge in [-0.3, -0.25) is 9.78 Å². The fourth-order valence-electron chi connectivity index (χ4n) is 1.63. The molecule has 9 heteroatoms. The molecule has 0 aliphatic carbocycles. The number of aliphatic hydroxyl groups excluding tert-OH is 1. The number of H-pyrrole nitrogens is 1. The summed E-state index contributed by atoms with van der Waals surface area (Å²) in [6, 6.07) is 0. The van der Waals surface area contributed by atoms with Gasteiger partial charge < -0.3 is 25.6 Å². The third-order valence-corrected chi connectivity index (χ3v) is 2.88. The molecule has 0 spiro atoms. The second-order valence-corrected chi connectivity index (χ2v) is 4.37. The van der Waals surface area contributed by atoms with Crippen LogP contribution in [0.25, 0.3) is 11.2 Å². The Hall–Kier alpha value is -1.97. The average molecular weight is 269 g/mol. The minimum atomic E-state index is -2.22. The van der Waals surface area contributed by atoms with Crippen molar-refractivity contribution in [2.24, 2.45) is 0 Å². The number of nitrogens with one attached hydrogen (secondary N) is 1. The number of aryl methyl sites for hydroxylation is 1. The number of rotatable bonds is 4. The molecular formula is C10H15N5O4. The zero-order valence-electron chi connectivity index (χ0n) is 10.2. The van der Waals surface area contributed by atoms with Crippen LogP contribution < -0.4 is 11.3 Å². The average Bonchev–Trinajstić information content (AvgIpc) is 2.69. The third-order valence-electron chi connectivity index (χ3n) is 2.88. The standard InChI is InChI=1S/C10H15N5O4/c1-5(16)10(18,19)2-3-15-4-12-6-7(15)13-9(11)14-8(6)17/h4-5,16,18-19H,2-3H2,1H3,(H3,11,13,14,17). The van der Waals surface area contributed by atoms with Crippen molar-refractivity contribution in [2.75, 3.05) is 5.73 Å². The maximum atomic E-state index is 11.5. The molecule has 104 valence electrons. The van der Waals surface area contributed by atoms with E-state index >= 15 is 0 Å². The molecule has 9 nitrogen and oxygen atoms in total. The van der Waals surface area contributed by atoms with Crippen LogP contribution in [0.4, 0.5) is 5.95 Å². The number of aromatic amines is 1. The molecule has 0 radical (unpaired) electrons. The Balaban J connectivity index is 2.30. The molecule has 6 N–H and O–H groups in total. The van der Waals surface area contributed by atoms with Crippen molar-refractivity contribution in [3.8, 4) is 0 Å². The van der Waals surface area contributed by atoms with Crippen LogP contribution in [-0.2, 0) is 6.54 Å². The number of nitrogens with zero attached hydrogens (tertiary/aromatic N) is 3. The van der Waals surface area contributed by atoms with Gasteiger partial charge in [0, 0.05) is 13.0 Å². The largest absolute Gasteiger partial charge is 0.388 e. The first-order valence-electron chi connectivity index (χ1n) is 5.64. The maximum Gasteiger partial charge on any atom is 0.280 e. The van der Waals surface area contributed by atoms with E-state index in [-0.39, 0.29) is 30.1 Å². The minimum Gasteiger partial charge on any atom is -0.388 e. The maximum absolute atomic E-state index is 11.5. The number of aromatic nitrogens is 4. The molecule has 2 aromatic rings. The Labute approximate surface area is 107 Å². The van der Waals surface area contributed by atoms with Crippen LogP contribution in [0, 0.1) is 0 Å². The third kappa shape index (κ3) is 2.57. The lowest BCUT2D eigenvalue weighted by molar-refractivity contribution is -0.224. The number of nitrogens with two attached hydrogens (primary N) is 1. The fourth-order valence-corrected chi connectivity index (χ4v) is 1.63. The van der Waals surface area contributed by atoms with Crippen molar-refractivity contribution in [3.63, 3.8) is 0 Å². The van der Waals surface area contributed by atoms with E-state index in [1.54, 1.807) is 0 Å². The summed E-state index contributed by atoms with van der Waals surface area (Å²) in [4.78, 5) is 21.7. The quantitative estimate of drug-likeness (QED) is 0.409. The molecule has 0 fully saturated rings. The highest BCUT2D eigenvalue weighted by Crippen LogP contribution is 2.15. The van der Waals surface area contributed by atoms with Gasteiger partial charge in [0.15, 0.2) is 17.0 Å². The number of imidazole rings is 1. The van der Waals surface area contributed by atoms with Gasteiger partial charge in [0.25, 0.3) is 5.56 Å². The summed E-state index contributed by atoms with van der Waals surface area (Å²) >= 11 is 0. The second-order valence-electron chi connectivity index (χ2n) is 4.37. The van der Waals surface area contributed by atoms with Crippen molar-refractivity contribution < 1.29 is 15.3 Å². The SMILES string of the molecule is CC(O)C(O)(O)CCn1cnc2c(=O)[nH]c(N)nc21. The zero-order chi connectivity index (χ0) is 14.2. The van der Waals surface area contributed by atoms with Crippen molar-refractivity contribution in [3.05, 3.63) is 16.7 Å². The summed E-state index contributed by atoms with van der Waals surface area (Å²) in [6.07, 6.45) is -0.0988. The van der Waals surface area contributed by atoms with Crippen molar-refractivity contribution in [2.45, 2.75) is 31.8 Å². The number of hydrogen-bond acceptors (Lipinski definition) is 7. The van der Waals surface area contributed by atoms with Gasteiger partial charge in [0.05, 0.1) is 6.33 Å². The number of fused-ring (bicyclic) bond motifs is 1. The molecule has 2 rings (SSSR count). The smallest absolute Gasteiger partial charge is 0.280 e. The summed E-state index contributed by atoms with van der Waals surface area (Å²) < 4.78 is 1.46. The number of hydrogen-bond donors (Lipinski definition) is 5. The van der Waals surface area contributed by atoms with Crippen LogP contribution in [0.3, 0.4) is 0 Å². The molecule has 2 heterocycles. The lowest BCUT2D eigenvalue weighted by atomic mass is 10.1. The van der Waals surface area contributed by atoms with Crippen LogP contribution in [0.5, 0.6) is 0 Å². The normalized spacial score (nSPS) is 13.9. The molecule has 1 unspecified atom stereocenters. The predicted molar refractivity (Wildman–Crippen MR) is 66.0 cm³/mol. The number of aliphatic hydroxyl groups is 3. The Morgan fingerprint density at radius 2 is 2.26 bits per heavy atom. The first-order valence-corrected chi connectivity index (χ1v) is 5.64. The molecule has 0 saturated carbocycles. The fraction of sp³-hybridized carbons (Fsp3) is 0.500. The highest BCUT2D eigenvalue weighted by atomic mass is 16.5. The zero-order valence-corrected chi connectivity index (χ0v) is 10.2. The Kier molecular flexibility index (Phi) is 3.27. The van der Waals surface area contributed by atoms with Crippen LogP contribution in [0.15, 0.2) is 11.1 Å². The van der Waals surface area contributed by atoms with Crippen LogP contribution >= 0.6 is 0 Å². The molecule has 0 aliphatic rings. The lowest BCUT2D eigenvalue weighted by Gasteiger charge is -2.24. The number of nitrogen functional groups attached to an aromatic ring is 1. The van der Waals surface area contributed by atoms with Gasteiger partial charge in [-0.1, -0.05) is 0 Å². The Morgan fingerprint density at radius 1 is 1.58 bits per heavy atom. The molecule has 19 heavy (non-hydrogen) atoms. The van der Waals surface area contributed by atoms with E-state index in [1.165, 1.54) is 17.8 Å². The highest BCUT2D eigenvalue weighted by Gasteiger charge is 2.29. The molecule has 0 amide bonds. The predicted octanol–water partition coefficient (Wildman–Crippen LogP) is -1.85. The van der Waals surface area contributed by atoms with E-state index in [0.29, 0.717) is 0 Å². The summed E-state index contributed by atoms with van der Waals surface area (Å²) in [5.41, 5.74) is 5.35. The highest BCUT2D eigenvalue weighted by molar-refractivity contribution is 5.70. The lowest BCUT2D eigenvalue weighted by Crippen LogP contribution is -2.41. The summed E-state index contributed by atoms with van der Waals surface area (Å²) in [7, 11) is 0. The molecule has 0 aromatic carbocycles. The Morgan fingerprint density at radius 3 is 2.89 bits per heavy atom. The Bertz CT molecular complexity index is 645. The van der Waals surface area contributed by atoms with E-state index in [4.69, 9.17) is 5.73 Å². The first kappa shape index (κ1) is 13.5. The first-order chi connectivity index (χ1) is 8.81. The summed E-state index contributed by atoms with van der Waals surface area (Å²) in [5, 5.41) is 28.3. The van der Waals surface area contributed by atoms with E-state index in [0.717, 1.165) is 0 Å². The molecule has 0 aliphatic heterocycles. The van der Waals surface area contributed by atoms with Gasteiger partial charge in [-0.05, 0) is 6.92 Å². The van der Waals surface area contributed by atoms with Gasteiger partial charge in [0.1, 0.15) is 6.10 Å². The monoisotopic (exact) mass is 269 g/mol. The van der Waals surface area contributed by atoms with E-state index in [1.807, 2.05) is 0 Å². The topological polar surface area (TPSA) is 150 Å². The van der Waals surface area contributed by atoms with Crippen molar-refractivity contribution in [1.29, 1.82) is 0 Å². The van der Waals surface area contributed by atoms with Gasteiger partial charge in [0.2, 0.25) is 5.95 Å². The number of anilines is 1. The van der Waals surface area contributed by atoms with Crippen LogP contribution in [0.2, 0.25) is 0 Å². The molecule has 0 bridgehead atoms. The van der Waals surface area contributed by atoms with Gasteiger partial charge >= 0.3 is 0 Å². The van der Waals surface area contributed by atoms with Crippen molar-refractivity contribution >= 4 is 17.1 Å². The molecule has 1 atom stereocenters. The van der Waals surface area contributed by atoms with Gasteiger partial charge in [-0.15, -0.1) is 0 Å². The van der Waals surface area contributed by atoms with E-state index in [9.17, 15) is 20.1 Å². The van der Waals surface area contributed by atoms with Crippen molar-refractivity contribution in [1.82, 2.24) is 19.5 Å².